The Morgan fingerprint density at radius 2 is 1.69 bits per heavy atom. The van der Waals surface area contributed by atoms with E-state index < -0.39 is 10.0 Å². The van der Waals surface area contributed by atoms with Gasteiger partial charge in [0, 0.05) is 24.2 Å². The molecule has 3 aromatic rings. The summed E-state index contributed by atoms with van der Waals surface area (Å²) in [6, 6.07) is 18.7. The molecule has 0 amide bonds. The molecule has 0 spiro atoms. The molecule has 4 nitrogen and oxygen atoms in total. The molecule has 1 aromatic heterocycles. The molecule has 26 heavy (non-hydrogen) atoms. The number of sulfonamides is 1. The van der Waals surface area contributed by atoms with Gasteiger partial charge in [-0.05, 0) is 30.7 Å². The van der Waals surface area contributed by atoms with Gasteiger partial charge in [-0.1, -0.05) is 54.1 Å². The number of aryl methyl sites for hydroxylation is 1. The van der Waals surface area contributed by atoms with Crippen molar-refractivity contribution in [2.75, 3.05) is 6.54 Å². The van der Waals surface area contributed by atoms with Gasteiger partial charge in [-0.3, -0.25) is 0 Å². The Kier molecular flexibility index (Phi) is 4.26. The third-order valence-corrected chi connectivity index (χ3v) is 6.41. The second-order valence-corrected chi connectivity index (χ2v) is 8.31. The van der Waals surface area contributed by atoms with Crippen LogP contribution >= 0.6 is 0 Å². The molecule has 0 radical (unpaired) electrons. The minimum atomic E-state index is -3.58. The normalized spacial score (nSPS) is 15.2. The van der Waals surface area contributed by atoms with Crippen LogP contribution in [0.3, 0.4) is 0 Å². The number of nitrogens with zero attached hydrogens (tertiary/aromatic N) is 1. The summed E-state index contributed by atoms with van der Waals surface area (Å²) < 4.78 is 33.4. The van der Waals surface area contributed by atoms with Gasteiger partial charge >= 0.3 is 0 Å². The van der Waals surface area contributed by atoms with E-state index in [-0.39, 0.29) is 6.54 Å². The van der Waals surface area contributed by atoms with Crippen LogP contribution in [-0.2, 0) is 16.6 Å². The highest BCUT2D eigenvalue weighted by Gasteiger charge is 2.28. The first-order chi connectivity index (χ1) is 12.6. The molecule has 1 aliphatic rings. The number of hydrogen-bond acceptors (Lipinski definition) is 3. The largest absolute Gasteiger partial charge is 0.464 e. The van der Waals surface area contributed by atoms with Crippen molar-refractivity contribution in [1.82, 2.24) is 4.31 Å². The van der Waals surface area contributed by atoms with Crippen molar-refractivity contribution >= 4 is 15.6 Å². The summed E-state index contributed by atoms with van der Waals surface area (Å²) in [5.74, 6) is 0.734. The lowest BCUT2D eigenvalue weighted by molar-refractivity contribution is 0.438. The van der Waals surface area contributed by atoms with Crippen molar-refractivity contribution < 1.29 is 12.8 Å². The zero-order valence-corrected chi connectivity index (χ0v) is 15.2. The molecule has 0 atom stereocenters. The molecule has 0 saturated heterocycles. The molecule has 0 bridgehead atoms. The van der Waals surface area contributed by atoms with Crippen LogP contribution in [0, 0.1) is 6.92 Å². The summed E-state index contributed by atoms with van der Waals surface area (Å²) in [7, 11) is -3.58. The van der Waals surface area contributed by atoms with Gasteiger partial charge in [0.1, 0.15) is 5.76 Å². The van der Waals surface area contributed by atoms with Crippen LogP contribution in [-0.4, -0.2) is 19.3 Å². The lowest BCUT2D eigenvalue weighted by atomic mass is 10.0. The van der Waals surface area contributed by atoms with Crippen molar-refractivity contribution in [2.24, 2.45) is 0 Å². The maximum Gasteiger partial charge on any atom is 0.243 e. The molecule has 4 rings (SSSR count). The summed E-state index contributed by atoms with van der Waals surface area (Å²) in [5, 5.41) is 0. The third-order valence-electron chi connectivity index (χ3n) is 4.58. The van der Waals surface area contributed by atoms with Crippen LogP contribution < -0.4 is 0 Å². The molecular weight excluding hydrogens is 346 g/mol. The summed E-state index contributed by atoms with van der Waals surface area (Å²) >= 11 is 0. The molecule has 0 N–H and O–H groups in total. The number of benzene rings is 2. The topological polar surface area (TPSA) is 50.5 Å². The molecule has 0 saturated carbocycles. The molecule has 0 aliphatic carbocycles. The van der Waals surface area contributed by atoms with E-state index in [1.54, 1.807) is 18.4 Å². The highest BCUT2D eigenvalue weighted by Crippen LogP contribution is 2.32. The van der Waals surface area contributed by atoms with Crippen LogP contribution in [0.1, 0.15) is 22.5 Å². The van der Waals surface area contributed by atoms with E-state index in [0.717, 1.165) is 28.0 Å². The SMILES string of the molecule is Cc1ccc(S(=O)(=O)N2CC=C(c3ccccc3)c3occc3C2)cc1. The van der Waals surface area contributed by atoms with Crippen LogP contribution in [0.5, 0.6) is 0 Å². The highest BCUT2D eigenvalue weighted by atomic mass is 32.2. The Bertz CT molecular complexity index is 1050. The zero-order chi connectivity index (χ0) is 18.1. The lowest BCUT2D eigenvalue weighted by Gasteiger charge is -2.19. The fourth-order valence-corrected chi connectivity index (χ4v) is 4.50. The minimum Gasteiger partial charge on any atom is -0.464 e. The number of fused-ring (bicyclic) bond motifs is 1. The van der Waals surface area contributed by atoms with Gasteiger partial charge in [0.2, 0.25) is 10.0 Å². The van der Waals surface area contributed by atoms with Gasteiger partial charge in [-0.2, -0.15) is 4.31 Å². The average molecular weight is 365 g/mol. The first-order valence-corrected chi connectivity index (χ1v) is 9.89. The Hall–Kier alpha value is -2.63. The quantitative estimate of drug-likeness (QED) is 0.698. The summed E-state index contributed by atoms with van der Waals surface area (Å²) in [6.45, 7) is 2.52. The number of furan rings is 1. The Balaban J connectivity index is 1.76. The molecule has 2 aromatic carbocycles. The van der Waals surface area contributed by atoms with E-state index in [4.69, 9.17) is 4.42 Å². The smallest absolute Gasteiger partial charge is 0.243 e. The summed E-state index contributed by atoms with van der Waals surface area (Å²) in [4.78, 5) is 0.310. The lowest BCUT2D eigenvalue weighted by Crippen LogP contribution is -2.30. The van der Waals surface area contributed by atoms with Gasteiger partial charge in [-0.25, -0.2) is 8.42 Å². The van der Waals surface area contributed by atoms with Gasteiger partial charge in [0.15, 0.2) is 0 Å². The zero-order valence-electron chi connectivity index (χ0n) is 14.4. The standard InChI is InChI=1S/C21H19NO3S/c1-16-7-9-19(10-8-16)26(23,24)22-13-11-20(17-5-3-2-4-6-17)21-18(15-22)12-14-25-21/h2-12,14H,13,15H2,1H3. The Morgan fingerprint density at radius 3 is 2.42 bits per heavy atom. The van der Waals surface area contributed by atoms with Crippen molar-refractivity contribution in [1.29, 1.82) is 0 Å². The van der Waals surface area contributed by atoms with E-state index >= 15 is 0 Å². The van der Waals surface area contributed by atoms with Gasteiger partial charge < -0.3 is 4.42 Å². The van der Waals surface area contributed by atoms with Crippen molar-refractivity contribution in [3.63, 3.8) is 0 Å². The van der Waals surface area contributed by atoms with E-state index in [1.807, 2.05) is 61.5 Å². The summed E-state index contributed by atoms with van der Waals surface area (Å²) in [5.41, 5.74) is 3.84. The minimum absolute atomic E-state index is 0.287. The van der Waals surface area contributed by atoms with E-state index in [9.17, 15) is 8.42 Å². The van der Waals surface area contributed by atoms with Gasteiger partial charge in [0.25, 0.3) is 0 Å². The van der Waals surface area contributed by atoms with Crippen LogP contribution in [0.25, 0.3) is 5.57 Å². The predicted molar refractivity (Wildman–Crippen MR) is 101 cm³/mol. The van der Waals surface area contributed by atoms with Crippen molar-refractivity contribution in [3.05, 3.63) is 95.5 Å². The van der Waals surface area contributed by atoms with E-state index in [2.05, 4.69) is 0 Å². The maximum absolute atomic E-state index is 13.1. The molecule has 1 aliphatic heterocycles. The monoisotopic (exact) mass is 365 g/mol. The predicted octanol–water partition coefficient (Wildman–Crippen LogP) is 4.22. The first kappa shape index (κ1) is 16.8. The third kappa shape index (κ3) is 3.00. The summed E-state index contributed by atoms with van der Waals surface area (Å²) in [6.07, 6.45) is 3.54. The van der Waals surface area contributed by atoms with Crippen LogP contribution in [0.4, 0.5) is 0 Å². The maximum atomic E-state index is 13.1. The second kappa shape index (κ2) is 6.59. The van der Waals surface area contributed by atoms with Crippen molar-refractivity contribution in [3.8, 4) is 0 Å². The Labute approximate surface area is 153 Å². The fraction of sp³-hybridized carbons (Fsp3) is 0.143. The number of hydrogen-bond donors (Lipinski definition) is 0. The average Bonchev–Trinajstić information content (AvgIpc) is 3.02. The number of rotatable bonds is 3. The van der Waals surface area contributed by atoms with Crippen molar-refractivity contribution in [2.45, 2.75) is 18.4 Å². The molecular formula is C21H19NO3S. The molecule has 132 valence electrons. The van der Waals surface area contributed by atoms with E-state index in [1.165, 1.54) is 4.31 Å². The molecule has 5 heteroatoms. The second-order valence-electron chi connectivity index (χ2n) is 6.37. The first-order valence-electron chi connectivity index (χ1n) is 8.45. The Morgan fingerprint density at radius 1 is 0.962 bits per heavy atom. The highest BCUT2D eigenvalue weighted by molar-refractivity contribution is 7.89. The van der Waals surface area contributed by atoms with Gasteiger partial charge in [-0.15, -0.1) is 0 Å². The molecule has 2 heterocycles. The molecule has 0 unspecified atom stereocenters. The van der Waals surface area contributed by atoms with Gasteiger partial charge in [0.05, 0.1) is 11.2 Å². The van der Waals surface area contributed by atoms with Crippen LogP contribution in [0.15, 0.2) is 82.3 Å². The fourth-order valence-electron chi connectivity index (χ4n) is 3.15. The molecule has 0 fully saturated rings. The van der Waals surface area contributed by atoms with Crippen LogP contribution in [0.2, 0.25) is 0 Å². The van der Waals surface area contributed by atoms with E-state index in [0.29, 0.717) is 11.4 Å².